The third kappa shape index (κ3) is 6.78. The fourth-order valence-electron chi connectivity index (χ4n) is 3.79. The predicted molar refractivity (Wildman–Crippen MR) is 128 cm³/mol. The molecule has 1 aromatic carbocycles. The van der Waals surface area contributed by atoms with Crippen LogP contribution in [-0.4, -0.2) is 39.9 Å². The Morgan fingerprint density at radius 1 is 1.31 bits per heavy atom. The van der Waals surface area contributed by atoms with Gasteiger partial charge in [-0.25, -0.2) is 4.98 Å². The maximum Gasteiger partial charge on any atom is 0.274 e. The minimum atomic E-state index is -0.389. The zero-order chi connectivity index (χ0) is 22.4. The van der Waals surface area contributed by atoms with Gasteiger partial charge in [-0.2, -0.15) is 4.98 Å². The lowest BCUT2D eigenvalue weighted by Crippen LogP contribution is -2.47. The molecule has 0 aliphatic carbocycles. The zero-order valence-corrected chi connectivity index (χ0v) is 19.6. The minimum absolute atomic E-state index is 0. The van der Waals surface area contributed by atoms with E-state index in [1.54, 1.807) is 19.1 Å². The molecule has 1 fully saturated rings. The number of unbranched alkanes of at least 4 members (excludes halogenated alkanes) is 1. The van der Waals surface area contributed by atoms with Crippen LogP contribution in [0.25, 0.3) is 0 Å². The number of hydrogen-bond acceptors (Lipinski definition) is 7. The molecule has 1 aliphatic rings. The van der Waals surface area contributed by atoms with Crippen molar-refractivity contribution in [2.45, 2.75) is 58.9 Å². The van der Waals surface area contributed by atoms with Gasteiger partial charge >= 0.3 is 0 Å². The number of aryl methyl sites for hydroxylation is 2. The maximum absolute atomic E-state index is 11.5. The number of aromatic nitrogens is 2. The van der Waals surface area contributed by atoms with Crippen molar-refractivity contribution in [3.8, 4) is 0 Å². The van der Waals surface area contributed by atoms with Gasteiger partial charge in [0.2, 0.25) is 11.9 Å². The maximum atomic E-state index is 11.5. The fourth-order valence-corrected chi connectivity index (χ4v) is 3.79. The normalized spacial score (nSPS) is 15.6. The molecule has 10 heteroatoms. The van der Waals surface area contributed by atoms with Gasteiger partial charge in [0.15, 0.2) is 0 Å². The van der Waals surface area contributed by atoms with Crippen LogP contribution in [0.2, 0.25) is 0 Å². The topological polar surface area (TPSA) is 113 Å². The lowest BCUT2D eigenvalue weighted by atomic mass is 10.1. The standard InChI is InChI=1S/C22H30N6O3.ClH/c1-4-5-7-17-13-21(27-11-6-8-19(14-27)23-16(3)29)26-22(24-17)25-18-10-9-15(2)20(12-18)28(30)31;/h9-10,12-13,19H,4-8,11,14H2,1-3H3,(H,23,29)(H,24,25,26);1H/t19-;/m1./s1. The SMILES string of the molecule is CCCCc1cc(N2CCC[C@@H](NC(C)=O)C2)nc(Nc2ccc(C)c([N+](=O)[O-])c2)n1.Cl. The molecule has 2 aromatic rings. The van der Waals surface area contributed by atoms with Gasteiger partial charge in [0.1, 0.15) is 5.82 Å². The van der Waals surface area contributed by atoms with Crippen LogP contribution >= 0.6 is 12.4 Å². The Hall–Kier alpha value is -2.94. The van der Waals surface area contributed by atoms with Crippen LogP contribution in [0, 0.1) is 17.0 Å². The molecule has 174 valence electrons. The van der Waals surface area contributed by atoms with Crippen molar-refractivity contribution in [2.75, 3.05) is 23.3 Å². The largest absolute Gasteiger partial charge is 0.354 e. The van der Waals surface area contributed by atoms with Crippen molar-refractivity contribution < 1.29 is 9.72 Å². The number of amides is 1. The summed E-state index contributed by atoms with van der Waals surface area (Å²) in [6.45, 7) is 6.93. The number of anilines is 3. The third-order valence-corrected chi connectivity index (χ3v) is 5.37. The number of halogens is 1. The molecule has 0 spiro atoms. The van der Waals surface area contributed by atoms with Crippen molar-refractivity contribution >= 4 is 41.5 Å². The smallest absolute Gasteiger partial charge is 0.274 e. The summed E-state index contributed by atoms with van der Waals surface area (Å²) in [5, 5.41) is 17.4. The first-order chi connectivity index (χ1) is 14.9. The highest BCUT2D eigenvalue weighted by molar-refractivity contribution is 5.85. The molecular formula is C22H31ClN6O3. The number of nitro benzene ring substituents is 1. The first-order valence-corrected chi connectivity index (χ1v) is 10.8. The number of nitrogens with zero attached hydrogens (tertiary/aromatic N) is 4. The summed E-state index contributed by atoms with van der Waals surface area (Å²) in [6.07, 6.45) is 4.81. The van der Waals surface area contributed by atoms with Crippen molar-refractivity contribution in [3.05, 3.63) is 45.6 Å². The monoisotopic (exact) mass is 462 g/mol. The molecule has 2 N–H and O–H groups in total. The number of benzene rings is 1. The molecule has 2 heterocycles. The highest BCUT2D eigenvalue weighted by atomic mass is 35.5. The van der Waals surface area contributed by atoms with Gasteiger partial charge < -0.3 is 15.5 Å². The van der Waals surface area contributed by atoms with Gasteiger partial charge in [-0.05, 0) is 38.7 Å². The Morgan fingerprint density at radius 3 is 2.78 bits per heavy atom. The van der Waals surface area contributed by atoms with Gasteiger partial charge in [0, 0.05) is 55.1 Å². The first kappa shape index (κ1) is 25.3. The van der Waals surface area contributed by atoms with Crippen LogP contribution in [0.1, 0.15) is 50.8 Å². The summed E-state index contributed by atoms with van der Waals surface area (Å²) in [5.41, 5.74) is 2.16. The van der Waals surface area contributed by atoms with E-state index >= 15 is 0 Å². The van der Waals surface area contributed by atoms with E-state index in [1.807, 2.05) is 6.07 Å². The van der Waals surface area contributed by atoms with E-state index in [-0.39, 0.29) is 35.0 Å². The second-order valence-electron chi connectivity index (χ2n) is 8.01. The zero-order valence-electron chi connectivity index (χ0n) is 18.8. The number of hydrogen-bond donors (Lipinski definition) is 2. The Balaban J connectivity index is 0.00000363. The number of carbonyl (C=O) groups excluding carboxylic acids is 1. The molecule has 1 saturated heterocycles. The number of nitro groups is 1. The molecular weight excluding hydrogens is 432 g/mol. The molecule has 9 nitrogen and oxygen atoms in total. The van der Waals surface area contributed by atoms with Gasteiger partial charge in [-0.1, -0.05) is 19.4 Å². The van der Waals surface area contributed by atoms with E-state index < -0.39 is 0 Å². The van der Waals surface area contributed by atoms with Gasteiger partial charge in [0.25, 0.3) is 5.69 Å². The molecule has 0 radical (unpaired) electrons. The van der Waals surface area contributed by atoms with Crippen molar-refractivity contribution in [1.82, 2.24) is 15.3 Å². The van der Waals surface area contributed by atoms with E-state index in [0.29, 0.717) is 23.7 Å². The molecule has 0 bridgehead atoms. The predicted octanol–water partition coefficient (Wildman–Crippen LogP) is 4.31. The van der Waals surface area contributed by atoms with E-state index in [1.165, 1.54) is 13.0 Å². The molecule has 1 aliphatic heterocycles. The third-order valence-electron chi connectivity index (χ3n) is 5.37. The van der Waals surface area contributed by atoms with E-state index in [2.05, 4.69) is 27.4 Å². The lowest BCUT2D eigenvalue weighted by Gasteiger charge is -2.34. The summed E-state index contributed by atoms with van der Waals surface area (Å²) in [7, 11) is 0. The number of nitrogens with one attached hydrogen (secondary N) is 2. The van der Waals surface area contributed by atoms with Gasteiger partial charge in [-0.3, -0.25) is 14.9 Å². The number of rotatable bonds is 8. The Morgan fingerprint density at radius 2 is 2.09 bits per heavy atom. The van der Waals surface area contributed by atoms with Crippen molar-refractivity contribution in [2.24, 2.45) is 0 Å². The summed E-state index contributed by atoms with van der Waals surface area (Å²) in [5.74, 6) is 1.20. The second-order valence-corrected chi connectivity index (χ2v) is 8.01. The van der Waals surface area contributed by atoms with Crippen LogP contribution in [0.3, 0.4) is 0 Å². The van der Waals surface area contributed by atoms with Gasteiger partial charge in [-0.15, -0.1) is 12.4 Å². The van der Waals surface area contributed by atoms with Crippen LogP contribution in [0.5, 0.6) is 0 Å². The first-order valence-electron chi connectivity index (χ1n) is 10.8. The highest BCUT2D eigenvalue weighted by Gasteiger charge is 2.22. The molecule has 32 heavy (non-hydrogen) atoms. The number of piperidine rings is 1. The molecule has 1 atom stereocenters. The van der Waals surface area contributed by atoms with Crippen LogP contribution in [-0.2, 0) is 11.2 Å². The van der Waals surface area contributed by atoms with E-state index in [9.17, 15) is 14.9 Å². The van der Waals surface area contributed by atoms with Crippen molar-refractivity contribution in [3.63, 3.8) is 0 Å². The molecule has 0 saturated carbocycles. The average Bonchev–Trinajstić information content (AvgIpc) is 2.73. The average molecular weight is 463 g/mol. The molecule has 1 aromatic heterocycles. The summed E-state index contributed by atoms with van der Waals surface area (Å²) < 4.78 is 0. The van der Waals surface area contributed by atoms with E-state index in [0.717, 1.165) is 50.2 Å². The minimum Gasteiger partial charge on any atom is -0.354 e. The Labute approximate surface area is 194 Å². The van der Waals surface area contributed by atoms with Gasteiger partial charge in [0.05, 0.1) is 4.92 Å². The lowest BCUT2D eigenvalue weighted by molar-refractivity contribution is -0.385. The van der Waals surface area contributed by atoms with Crippen molar-refractivity contribution in [1.29, 1.82) is 0 Å². The highest BCUT2D eigenvalue weighted by Crippen LogP contribution is 2.26. The van der Waals surface area contributed by atoms with Crippen LogP contribution < -0.4 is 15.5 Å². The Bertz CT molecular complexity index is 955. The number of carbonyl (C=O) groups is 1. The molecule has 0 unspecified atom stereocenters. The van der Waals surface area contributed by atoms with Crippen LogP contribution in [0.15, 0.2) is 24.3 Å². The van der Waals surface area contributed by atoms with E-state index in [4.69, 9.17) is 4.98 Å². The Kier molecular flexibility index (Phi) is 9.19. The summed E-state index contributed by atoms with van der Waals surface area (Å²) in [6, 6.07) is 7.11. The fraction of sp³-hybridized carbons (Fsp3) is 0.500. The molecule has 1 amide bonds. The molecule has 3 rings (SSSR count). The summed E-state index contributed by atoms with van der Waals surface area (Å²) in [4.78, 5) is 33.9. The summed E-state index contributed by atoms with van der Waals surface area (Å²) >= 11 is 0. The van der Waals surface area contributed by atoms with Crippen LogP contribution in [0.4, 0.5) is 23.1 Å². The quantitative estimate of drug-likeness (QED) is 0.444. The second kappa shape index (κ2) is 11.6.